The zero-order chi connectivity index (χ0) is 56.9. The van der Waals surface area contributed by atoms with Crippen LogP contribution in [0.3, 0.4) is 0 Å². The number of nitrogens with one attached hydrogen (secondary N) is 2. The fourth-order valence-electron chi connectivity index (χ4n) is 8.20. The zero-order valence-corrected chi connectivity index (χ0v) is 42.3. The average Bonchev–Trinajstić information content (AvgIpc) is 4.25. The summed E-state index contributed by atoms with van der Waals surface area (Å²) in [6.45, 7) is 1.05. The Labute approximate surface area is 451 Å². The molecule has 0 spiro atoms. The van der Waals surface area contributed by atoms with Crippen LogP contribution in [0.4, 0.5) is 50.9 Å². The number of hydrogen-bond acceptors (Lipinski definition) is 8. The number of halogens is 10. The molecule has 0 atom stereocenters. The first-order valence-corrected chi connectivity index (χ1v) is 24.1. The summed E-state index contributed by atoms with van der Waals surface area (Å²) in [6, 6.07) is 32.3. The molecule has 402 valence electrons. The molecule has 79 heavy (non-hydrogen) atoms. The fourth-order valence-corrected chi connectivity index (χ4v) is 8.70. The average molecular weight is 1150 g/mol. The Hall–Kier alpha value is -8.61. The van der Waals surface area contributed by atoms with Gasteiger partial charge in [-0.1, -0.05) is 36.4 Å². The van der Waals surface area contributed by atoms with Gasteiger partial charge in [-0.15, -0.1) is 0 Å². The fraction of sp³-hybridized carbons (Fsp3) is 0.0714. The van der Waals surface area contributed by atoms with Crippen LogP contribution in [0.15, 0.2) is 163 Å². The van der Waals surface area contributed by atoms with Gasteiger partial charge in [-0.05, 0) is 149 Å². The Kier molecular flexibility index (Phi) is 17.2. The van der Waals surface area contributed by atoms with Crippen molar-refractivity contribution in [1.82, 2.24) is 18.8 Å². The third-order valence-corrected chi connectivity index (χ3v) is 12.9. The Morgan fingerprint density at radius 3 is 1.61 bits per heavy atom. The number of carbonyl (C=O) groups excluding carboxylic acids is 2. The monoisotopic (exact) mass is 1150 g/mol. The minimum absolute atomic E-state index is 0.00754. The van der Waals surface area contributed by atoms with Crippen LogP contribution >= 0.6 is 15.9 Å². The second kappa shape index (κ2) is 24.0. The molecule has 6 aromatic carbocycles. The van der Waals surface area contributed by atoms with Crippen molar-refractivity contribution >= 4 is 63.0 Å². The van der Waals surface area contributed by atoms with Gasteiger partial charge in [-0.2, -0.15) is 13.2 Å². The first-order valence-electron chi connectivity index (χ1n) is 23.3. The SMILES string of the molecule is Cc1ccc(-c2cccn3c(Br)c(CO)nc23)cc1C(=O)Nc1ccc(F)cc1.O=C(Nc1ccc(F)cc1)c1cc(-c2cccn3c(-c4cccc(F)c4F)c(CO)nc23)ccc1C(F)(F)F.OB(O)c1cccc(F)c1F. The number of benzene rings is 6. The van der Waals surface area contributed by atoms with Crippen LogP contribution in [0, 0.1) is 41.8 Å². The molecule has 2 amide bonds. The van der Waals surface area contributed by atoms with Gasteiger partial charge in [0.15, 0.2) is 23.3 Å². The van der Waals surface area contributed by atoms with Gasteiger partial charge in [0.05, 0.1) is 41.4 Å². The van der Waals surface area contributed by atoms with E-state index in [4.69, 9.17) is 10.0 Å². The van der Waals surface area contributed by atoms with Gasteiger partial charge in [0, 0.05) is 51.5 Å². The molecule has 0 fully saturated rings. The number of alkyl halides is 3. The van der Waals surface area contributed by atoms with Crippen LogP contribution in [0.5, 0.6) is 0 Å². The summed E-state index contributed by atoms with van der Waals surface area (Å²) in [4.78, 5) is 34.6. The maximum atomic E-state index is 14.7. The summed E-state index contributed by atoms with van der Waals surface area (Å²) in [5.74, 6) is -6.87. The van der Waals surface area contributed by atoms with Gasteiger partial charge >= 0.3 is 13.3 Å². The van der Waals surface area contributed by atoms with Crippen LogP contribution < -0.4 is 16.1 Å². The second-order valence-corrected chi connectivity index (χ2v) is 17.9. The smallest absolute Gasteiger partial charge is 0.423 e. The minimum atomic E-state index is -4.86. The van der Waals surface area contributed by atoms with Crippen molar-refractivity contribution in [2.45, 2.75) is 26.3 Å². The maximum Gasteiger partial charge on any atom is 0.491 e. The predicted molar refractivity (Wildman–Crippen MR) is 281 cm³/mol. The molecule has 0 saturated carbocycles. The number of aromatic nitrogens is 4. The predicted octanol–water partition coefficient (Wildman–Crippen LogP) is 11.4. The quantitative estimate of drug-likeness (QED) is 0.0580. The van der Waals surface area contributed by atoms with Crippen molar-refractivity contribution < 1.29 is 69.4 Å². The van der Waals surface area contributed by atoms with Gasteiger partial charge in [0.25, 0.3) is 11.8 Å². The highest BCUT2D eigenvalue weighted by atomic mass is 79.9. The largest absolute Gasteiger partial charge is 0.491 e. The molecule has 10 aromatic rings. The molecule has 23 heteroatoms. The Bertz CT molecular complexity index is 3900. The van der Waals surface area contributed by atoms with Crippen LogP contribution in [-0.4, -0.2) is 58.0 Å². The normalized spacial score (nSPS) is 11.2. The van der Waals surface area contributed by atoms with E-state index in [9.17, 15) is 59.3 Å². The standard InChI is InChI=1S/C28H17F6N3O2.C22H17BrFN3O2.C6H5BF2O2/c29-16-7-9-17(10-8-16)35-27(39)20-13-15(6-11-21(20)28(32,33)34)18-4-2-12-37-25(23(14-38)36-26(18)37)19-3-1-5-22(30)24(19)31;1-13-4-5-14(11-18(13)22(29)25-16-8-6-15(24)7-9-16)17-3-2-10-27-20(23)19(12-28)26-21(17)27;8-5-3-1-2-4(6(5)9)7(10)11/h1-13,38H,14H2,(H,35,39);2-11,28H,12H2,1H3,(H,25,29);1-3,10-11H. The molecular weight excluding hydrogens is 1110 g/mol. The number of aryl methyl sites for hydroxylation is 1. The van der Waals surface area contributed by atoms with Crippen molar-refractivity contribution in [3.05, 3.63) is 231 Å². The molecule has 4 aromatic heterocycles. The van der Waals surface area contributed by atoms with Crippen molar-refractivity contribution in [1.29, 1.82) is 0 Å². The number of pyridine rings is 2. The first-order chi connectivity index (χ1) is 37.7. The number of amides is 2. The molecule has 0 aliphatic carbocycles. The lowest BCUT2D eigenvalue weighted by molar-refractivity contribution is -0.137. The molecule has 12 nitrogen and oxygen atoms in total. The molecule has 0 aliphatic heterocycles. The van der Waals surface area contributed by atoms with Gasteiger partial charge in [-0.25, -0.2) is 36.3 Å². The van der Waals surface area contributed by atoms with E-state index in [1.54, 1.807) is 0 Å². The Morgan fingerprint density at radius 1 is 0.582 bits per heavy atom. The van der Waals surface area contributed by atoms with E-state index in [0.29, 0.717) is 27.2 Å². The van der Waals surface area contributed by atoms with Crippen molar-refractivity contribution in [2.24, 2.45) is 0 Å². The van der Waals surface area contributed by atoms with Crippen molar-refractivity contribution in [3.8, 4) is 33.5 Å². The molecule has 4 heterocycles. The zero-order valence-electron chi connectivity index (χ0n) is 40.7. The molecule has 6 N–H and O–H groups in total. The second-order valence-electron chi connectivity index (χ2n) is 17.1. The van der Waals surface area contributed by atoms with Gasteiger partial charge in [0.1, 0.15) is 27.5 Å². The van der Waals surface area contributed by atoms with E-state index in [-0.39, 0.29) is 57.7 Å². The van der Waals surface area contributed by atoms with Crippen LogP contribution in [-0.2, 0) is 19.4 Å². The van der Waals surface area contributed by atoms with E-state index in [2.05, 4.69) is 36.5 Å². The van der Waals surface area contributed by atoms with Crippen LogP contribution in [0.2, 0.25) is 0 Å². The lowest BCUT2D eigenvalue weighted by atomic mass is 9.80. The van der Waals surface area contributed by atoms with E-state index in [1.807, 2.05) is 47.9 Å². The summed E-state index contributed by atoms with van der Waals surface area (Å²) in [5, 5.41) is 41.5. The molecule has 0 unspecified atom stereocenters. The highest BCUT2D eigenvalue weighted by Crippen LogP contribution is 2.38. The van der Waals surface area contributed by atoms with E-state index < -0.39 is 71.5 Å². The number of nitrogens with zero attached hydrogens (tertiary/aromatic N) is 4. The lowest BCUT2D eigenvalue weighted by Gasteiger charge is -2.15. The topological polar surface area (TPSA) is 174 Å². The Balaban J connectivity index is 0.000000179. The first kappa shape index (κ1) is 56.6. The van der Waals surface area contributed by atoms with E-state index >= 15 is 0 Å². The van der Waals surface area contributed by atoms with Gasteiger partial charge in [-0.3, -0.25) is 18.4 Å². The Morgan fingerprint density at radius 2 is 1.06 bits per heavy atom. The van der Waals surface area contributed by atoms with Gasteiger partial charge < -0.3 is 30.9 Å². The van der Waals surface area contributed by atoms with Crippen molar-refractivity contribution in [3.63, 3.8) is 0 Å². The van der Waals surface area contributed by atoms with Crippen LogP contribution in [0.25, 0.3) is 44.8 Å². The number of imidazole rings is 2. The van der Waals surface area contributed by atoms with Crippen molar-refractivity contribution in [2.75, 3.05) is 10.6 Å². The number of aliphatic hydroxyl groups excluding tert-OH is 2. The summed E-state index contributed by atoms with van der Waals surface area (Å²) in [6.07, 6.45) is -1.53. The maximum absolute atomic E-state index is 14.7. The number of aliphatic hydroxyl groups is 2. The number of carbonyl (C=O) groups is 2. The molecule has 0 bridgehead atoms. The third-order valence-electron chi connectivity index (χ3n) is 12.0. The molecule has 0 saturated heterocycles. The summed E-state index contributed by atoms with van der Waals surface area (Å²) >= 11 is 3.46. The number of fused-ring (bicyclic) bond motifs is 2. The molecule has 0 radical (unpaired) electrons. The molecule has 10 rings (SSSR count). The molecule has 0 aliphatic rings. The molecular formula is C56H39BBrF9N6O6. The number of rotatable bonds is 10. The summed E-state index contributed by atoms with van der Waals surface area (Å²) in [5.41, 5.74) is 2.94. The van der Waals surface area contributed by atoms with Crippen LogP contribution in [0.1, 0.15) is 43.2 Å². The van der Waals surface area contributed by atoms with Gasteiger partial charge in [0.2, 0.25) is 0 Å². The number of hydrogen-bond donors (Lipinski definition) is 6. The minimum Gasteiger partial charge on any atom is -0.423 e. The van der Waals surface area contributed by atoms with E-state index in [1.165, 1.54) is 77.3 Å². The lowest BCUT2D eigenvalue weighted by Crippen LogP contribution is -2.33. The highest BCUT2D eigenvalue weighted by molar-refractivity contribution is 9.10. The number of anilines is 2. The summed E-state index contributed by atoms with van der Waals surface area (Å²) in [7, 11) is -1.97. The van der Waals surface area contributed by atoms with E-state index in [0.717, 1.165) is 65.2 Å². The summed E-state index contributed by atoms with van der Waals surface area (Å²) < 4.78 is 125. The third kappa shape index (κ3) is 12.4. The highest BCUT2D eigenvalue weighted by Gasteiger charge is 2.36.